The van der Waals surface area contributed by atoms with Gasteiger partial charge in [-0.3, -0.25) is 4.79 Å². The van der Waals surface area contributed by atoms with E-state index in [1.807, 2.05) is 0 Å². The van der Waals surface area contributed by atoms with Crippen LogP contribution in [0.4, 0.5) is 18.9 Å². The van der Waals surface area contributed by atoms with Crippen molar-refractivity contribution in [2.75, 3.05) is 5.32 Å². The second-order valence-electron chi connectivity index (χ2n) is 5.17. The van der Waals surface area contributed by atoms with Gasteiger partial charge in [0.25, 0.3) is 0 Å². The standard InChI is InChI=1S/C14H17F3N2O/c15-14(16,17)10-3-7-12(8-4-10)19-11-5-1-9(2-6-11)13(18)20/h3-4,7-9,11,19H,1-2,5-6H2,(H2,18,20). The first kappa shape index (κ1) is 14.7. The van der Waals surface area contributed by atoms with Crippen LogP contribution >= 0.6 is 0 Å². The summed E-state index contributed by atoms with van der Waals surface area (Å²) in [5.74, 6) is -0.335. The first-order valence-corrected chi connectivity index (χ1v) is 6.59. The quantitative estimate of drug-likeness (QED) is 0.896. The lowest BCUT2D eigenvalue weighted by molar-refractivity contribution is -0.137. The van der Waals surface area contributed by atoms with Crippen molar-refractivity contribution in [2.24, 2.45) is 11.7 Å². The molecular formula is C14H17F3N2O. The molecule has 0 heterocycles. The zero-order chi connectivity index (χ0) is 14.8. The minimum Gasteiger partial charge on any atom is -0.382 e. The summed E-state index contributed by atoms with van der Waals surface area (Å²) in [5, 5.41) is 3.20. The molecule has 1 fully saturated rings. The number of nitrogens with one attached hydrogen (secondary N) is 1. The van der Waals surface area contributed by atoms with Crippen molar-refractivity contribution in [3.05, 3.63) is 29.8 Å². The van der Waals surface area contributed by atoms with Gasteiger partial charge in [0, 0.05) is 17.6 Å². The fourth-order valence-corrected chi connectivity index (χ4v) is 2.51. The topological polar surface area (TPSA) is 55.1 Å². The fraction of sp³-hybridized carbons (Fsp3) is 0.500. The number of carbonyl (C=O) groups is 1. The van der Waals surface area contributed by atoms with E-state index in [9.17, 15) is 18.0 Å². The van der Waals surface area contributed by atoms with Crippen LogP contribution in [0.1, 0.15) is 31.2 Å². The van der Waals surface area contributed by atoms with Crippen LogP contribution in [0.15, 0.2) is 24.3 Å². The predicted molar refractivity (Wildman–Crippen MR) is 70.0 cm³/mol. The van der Waals surface area contributed by atoms with Gasteiger partial charge in [-0.2, -0.15) is 13.2 Å². The van der Waals surface area contributed by atoms with Gasteiger partial charge < -0.3 is 11.1 Å². The first-order chi connectivity index (χ1) is 9.36. The molecule has 20 heavy (non-hydrogen) atoms. The third-order valence-electron chi connectivity index (χ3n) is 3.71. The molecule has 1 aromatic rings. The van der Waals surface area contributed by atoms with Gasteiger partial charge in [-0.25, -0.2) is 0 Å². The Labute approximate surface area is 115 Å². The molecular weight excluding hydrogens is 269 g/mol. The maximum atomic E-state index is 12.4. The van der Waals surface area contributed by atoms with E-state index < -0.39 is 11.7 Å². The number of alkyl halides is 3. The van der Waals surface area contributed by atoms with Crippen LogP contribution in [0.5, 0.6) is 0 Å². The number of hydrogen-bond donors (Lipinski definition) is 2. The molecule has 0 unspecified atom stereocenters. The summed E-state index contributed by atoms with van der Waals surface area (Å²) < 4.78 is 37.3. The number of nitrogens with two attached hydrogens (primary N) is 1. The summed E-state index contributed by atoms with van der Waals surface area (Å²) in [7, 11) is 0. The molecule has 1 saturated carbocycles. The second kappa shape index (κ2) is 5.73. The zero-order valence-corrected chi connectivity index (χ0v) is 10.9. The molecule has 110 valence electrons. The first-order valence-electron chi connectivity index (χ1n) is 6.59. The molecule has 6 heteroatoms. The number of anilines is 1. The summed E-state index contributed by atoms with van der Waals surface area (Å²) in [6, 6.07) is 5.18. The molecule has 1 amide bonds. The van der Waals surface area contributed by atoms with Crippen LogP contribution in [0, 0.1) is 5.92 Å². The van der Waals surface area contributed by atoms with Crippen LogP contribution in [-0.2, 0) is 11.0 Å². The smallest absolute Gasteiger partial charge is 0.382 e. The van der Waals surface area contributed by atoms with E-state index >= 15 is 0 Å². The normalized spacial score (nSPS) is 23.4. The van der Waals surface area contributed by atoms with Crippen LogP contribution < -0.4 is 11.1 Å². The van der Waals surface area contributed by atoms with Gasteiger partial charge >= 0.3 is 6.18 Å². The largest absolute Gasteiger partial charge is 0.416 e. The lowest BCUT2D eigenvalue weighted by atomic mass is 9.85. The number of carbonyl (C=O) groups excluding carboxylic acids is 1. The molecule has 0 saturated heterocycles. The molecule has 0 aromatic heterocycles. The Morgan fingerprint density at radius 3 is 2.10 bits per heavy atom. The molecule has 0 radical (unpaired) electrons. The van der Waals surface area contributed by atoms with E-state index in [2.05, 4.69) is 5.32 Å². The zero-order valence-electron chi connectivity index (χ0n) is 10.9. The average Bonchev–Trinajstić information content (AvgIpc) is 2.39. The summed E-state index contributed by atoms with van der Waals surface area (Å²) >= 11 is 0. The Kier molecular flexibility index (Phi) is 4.20. The van der Waals surface area contributed by atoms with Crippen molar-refractivity contribution >= 4 is 11.6 Å². The number of amides is 1. The molecule has 0 spiro atoms. The number of benzene rings is 1. The lowest BCUT2D eigenvalue weighted by Crippen LogP contribution is -2.32. The minimum atomic E-state index is -4.31. The number of primary amides is 1. The van der Waals surface area contributed by atoms with Crippen LogP contribution in [0.3, 0.4) is 0 Å². The Balaban J connectivity index is 1.90. The van der Waals surface area contributed by atoms with Crippen LogP contribution in [0.25, 0.3) is 0 Å². The molecule has 2 rings (SSSR count). The fourth-order valence-electron chi connectivity index (χ4n) is 2.51. The number of hydrogen-bond acceptors (Lipinski definition) is 2. The van der Waals surface area contributed by atoms with Gasteiger partial charge in [-0.15, -0.1) is 0 Å². The Hall–Kier alpha value is -1.72. The number of halogens is 3. The minimum absolute atomic E-state index is 0.0688. The average molecular weight is 286 g/mol. The van der Waals surface area contributed by atoms with E-state index in [0.717, 1.165) is 37.8 Å². The summed E-state index contributed by atoms with van der Waals surface area (Å²) in [5.41, 5.74) is 5.27. The Morgan fingerprint density at radius 1 is 1.10 bits per heavy atom. The molecule has 1 aliphatic rings. The van der Waals surface area contributed by atoms with Crippen LogP contribution in [-0.4, -0.2) is 11.9 Å². The third-order valence-corrected chi connectivity index (χ3v) is 3.71. The van der Waals surface area contributed by atoms with Gasteiger partial charge in [0.1, 0.15) is 0 Å². The summed E-state index contributed by atoms with van der Waals surface area (Å²) in [6.07, 6.45) is -1.25. The molecule has 0 atom stereocenters. The Bertz CT molecular complexity index is 462. The summed E-state index contributed by atoms with van der Waals surface area (Å²) in [4.78, 5) is 11.0. The molecule has 3 N–H and O–H groups in total. The number of rotatable bonds is 3. The maximum absolute atomic E-state index is 12.4. The monoisotopic (exact) mass is 286 g/mol. The third kappa shape index (κ3) is 3.65. The van der Waals surface area contributed by atoms with Gasteiger partial charge in [-0.1, -0.05) is 0 Å². The molecule has 0 aliphatic heterocycles. The van der Waals surface area contributed by atoms with Crippen molar-refractivity contribution in [1.29, 1.82) is 0 Å². The molecule has 3 nitrogen and oxygen atoms in total. The lowest BCUT2D eigenvalue weighted by Gasteiger charge is -2.28. The van der Waals surface area contributed by atoms with Crippen molar-refractivity contribution < 1.29 is 18.0 Å². The molecule has 1 aromatic carbocycles. The van der Waals surface area contributed by atoms with Gasteiger partial charge in [0.15, 0.2) is 0 Å². The van der Waals surface area contributed by atoms with E-state index in [-0.39, 0.29) is 17.9 Å². The highest BCUT2D eigenvalue weighted by atomic mass is 19.4. The Morgan fingerprint density at radius 2 is 1.65 bits per heavy atom. The van der Waals surface area contributed by atoms with E-state index in [0.29, 0.717) is 5.69 Å². The molecule has 1 aliphatic carbocycles. The van der Waals surface area contributed by atoms with Gasteiger partial charge in [0.2, 0.25) is 5.91 Å². The van der Waals surface area contributed by atoms with E-state index in [4.69, 9.17) is 5.73 Å². The predicted octanol–water partition coefficient (Wildman–Crippen LogP) is 3.16. The second-order valence-corrected chi connectivity index (χ2v) is 5.17. The van der Waals surface area contributed by atoms with Crippen molar-refractivity contribution in [3.8, 4) is 0 Å². The van der Waals surface area contributed by atoms with Gasteiger partial charge in [0.05, 0.1) is 5.56 Å². The van der Waals surface area contributed by atoms with Gasteiger partial charge in [-0.05, 0) is 49.9 Å². The highest BCUT2D eigenvalue weighted by Crippen LogP contribution is 2.31. The molecule has 0 bridgehead atoms. The van der Waals surface area contributed by atoms with Crippen LogP contribution in [0.2, 0.25) is 0 Å². The maximum Gasteiger partial charge on any atom is 0.416 e. The van der Waals surface area contributed by atoms with Crippen molar-refractivity contribution in [1.82, 2.24) is 0 Å². The highest BCUT2D eigenvalue weighted by Gasteiger charge is 2.30. The van der Waals surface area contributed by atoms with Crippen molar-refractivity contribution in [2.45, 2.75) is 37.9 Å². The van der Waals surface area contributed by atoms with E-state index in [1.165, 1.54) is 12.1 Å². The summed E-state index contributed by atoms with van der Waals surface area (Å²) in [6.45, 7) is 0. The van der Waals surface area contributed by atoms with Crippen molar-refractivity contribution in [3.63, 3.8) is 0 Å². The highest BCUT2D eigenvalue weighted by molar-refractivity contribution is 5.76. The SMILES string of the molecule is NC(=O)C1CCC(Nc2ccc(C(F)(F)F)cc2)CC1. The van der Waals surface area contributed by atoms with E-state index in [1.54, 1.807) is 0 Å².